The molecule has 0 saturated heterocycles. The summed E-state index contributed by atoms with van der Waals surface area (Å²) in [6.45, 7) is 4.76. The minimum absolute atomic E-state index is 0.664. The number of benzene rings is 1. The fraction of sp³-hybridized carbons (Fsp3) is 0.417. The Labute approximate surface area is 104 Å². The third-order valence-corrected chi connectivity index (χ3v) is 3.56. The summed E-state index contributed by atoms with van der Waals surface area (Å²) in [7, 11) is 1.57. The normalized spacial score (nSPS) is 16.9. The summed E-state index contributed by atoms with van der Waals surface area (Å²) in [4.78, 5) is 4.89. The summed E-state index contributed by atoms with van der Waals surface area (Å²) in [5.74, 6) is 0.933. The lowest BCUT2D eigenvalue weighted by Gasteiger charge is -2.23. The van der Waals surface area contributed by atoms with Crippen molar-refractivity contribution in [3.63, 3.8) is 0 Å². The second kappa shape index (κ2) is 4.45. The second-order valence-electron chi connectivity index (χ2n) is 3.82. The number of fused-ring (bicyclic) bond motifs is 1. The van der Waals surface area contributed by atoms with E-state index in [0.717, 1.165) is 39.0 Å². The highest BCUT2D eigenvalue weighted by Gasteiger charge is 2.23. The highest BCUT2D eigenvalue weighted by Crippen LogP contribution is 2.35. The Bertz CT molecular complexity index is 455. The molecule has 0 radical (unpaired) electrons. The molecule has 1 aromatic carbocycles. The molecule has 16 heavy (non-hydrogen) atoms. The first-order chi connectivity index (χ1) is 7.65. The standard InChI is InChI=1S/C12H14BrNO2/c1-7-6-9(13)8(2)11-10(14-15-3)4-5-16-12(7)11/h6H,4-5H2,1-3H3. The van der Waals surface area contributed by atoms with Crippen molar-refractivity contribution in [3.05, 3.63) is 27.2 Å². The molecular formula is C12H14BrNO2. The Kier molecular flexibility index (Phi) is 3.19. The molecule has 0 atom stereocenters. The molecule has 86 valence electrons. The maximum Gasteiger partial charge on any atom is 0.131 e. The minimum atomic E-state index is 0.664. The topological polar surface area (TPSA) is 30.8 Å². The molecule has 0 aromatic heterocycles. The zero-order valence-corrected chi connectivity index (χ0v) is 11.2. The van der Waals surface area contributed by atoms with Crippen molar-refractivity contribution in [2.24, 2.45) is 5.16 Å². The van der Waals surface area contributed by atoms with Crippen molar-refractivity contribution in [2.45, 2.75) is 20.3 Å². The van der Waals surface area contributed by atoms with E-state index in [1.807, 2.05) is 6.92 Å². The lowest BCUT2D eigenvalue weighted by molar-refractivity contribution is 0.210. The summed E-state index contributed by atoms with van der Waals surface area (Å²) in [6, 6.07) is 2.07. The van der Waals surface area contributed by atoms with Gasteiger partial charge in [0.05, 0.1) is 12.3 Å². The van der Waals surface area contributed by atoms with Crippen molar-refractivity contribution >= 4 is 21.6 Å². The molecule has 1 aromatic rings. The van der Waals surface area contributed by atoms with E-state index in [4.69, 9.17) is 9.57 Å². The molecule has 0 aliphatic carbocycles. The van der Waals surface area contributed by atoms with Gasteiger partial charge in [-0.3, -0.25) is 0 Å². The predicted molar refractivity (Wildman–Crippen MR) is 67.3 cm³/mol. The van der Waals surface area contributed by atoms with Crippen LogP contribution in [0.25, 0.3) is 0 Å². The highest BCUT2D eigenvalue weighted by atomic mass is 79.9. The SMILES string of the molecule is CON=C1CCOc2c(C)cc(Br)c(C)c21. The number of ether oxygens (including phenoxy) is 1. The van der Waals surface area contributed by atoms with Crippen LogP contribution >= 0.6 is 15.9 Å². The zero-order valence-electron chi connectivity index (χ0n) is 9.63. The summed E-state index contributed by atoms with van der Waals surface area (Å²) >= 11 is 3.55. The van der Waals surface area contributed by atoms with Crippen molar-refractivity contribution in [2.75, 3.05) is 13.7 Å². The van der Waals surface area contributed by atoms with Crippen LogP contribution in [0, 0.1) is 13.8 Å². The molecule has 1 aliphatic heterocycles. The number of oxime groups is 1. The van der Waals surface area contributed by atoms with Gasteiger partial charge >= 0.3 is 0 Å². The lowest BCUT2D eigenvalue weighted by Crippen LogP contribution is -2.19. The van der Waals surface area contributed by atoms with Gasteiger partial charge in [0.15, 0.2) is 0 Å². The Morgan fingerprint density at radius 2 is 2.19 bits per heavy atom. The van der Waals surface area contributed by atoms with Gasteiger partial charge in [-0.05, 0) is 31.0 Å². The van der Waals surface area contributed by atoms with Gasteiger partial charge in [-0.1, -0.05) is 21.1 Å². The van der Waals surface area contributed by atoms with Gasteiger partial charge in [0.1, 0.15) is 12.9 Å². The molecule has 0 saturated carbocycles. The Morgan fingerprint density at radius 1 is 1.44 bits per heavy atom. The van der Waals surface area contributed by atoms with Gasteiger partial charge in [-0.25, -0.2) is 0 Å². The molecular weight excluding hydrogens is 270 g/mol. The molecule has 2 rings (SSSR count). The van der Waals surface area contributed by atoms with E-state index in [9.17, 15) is 0 Å². The summed E-state index contributed by atoms with van der Waals surface area (Å²) in [5, 5.41) is 4.08. The fourth-order valence-corrected chi connectivity index (χ4v) is 2.50. The average Bonchev–Trinajstić information content (AvgIpc) is 2.26. The molecule has 0 unspecified atom stereocenters. The van der Waals surface area contributed by atoms with Gasteiger partial charge in [0, 0.05) is 16.5 Å². The van der Waals surface area contributed by atoms with Gasteiger partial charge in [0.2, 0.25) is 0 Å². The molecule has 0 amide bonds. The van der Waals surface area contributed by atoms with Crippen LogP contribution in [0.3, 0.4) is 0 Å². The molecule has 0 spiro atoms. The van der Waals surface area contributed by atoms with Crippen LogP contribution in [-0.2, 0) is 4.84 Å². The van der Waals surface area contributed by atoms with Crippen molar-refractivity contribution in [3.8, 4) is 5.75 Å². The van der Waals surface area contributed by atoms with Crippen LogP contribution in [0.5, 0.6) is 5.75 Å². The number of hydrogen-bond donors (Lipinski definition) is 0. The van der Waals surface area contributed by atoms with Crippen LogP contribution in [0.4, 0.5) is 0 Å². The van der Waals surface area contributed by atoms with Gasteiger partial charge in [0.25, 0.3) is 0 Å². The molecule has 0 N–H and O–H groups in total. The van der Waals surface area contributed by atoms with Crippen LogP contribution in [-0.4, -0.2) is 19.4 Å². The first-order valence-corrected chi connectivity index (χ1v) is 5.97. The van der Waals surface area contributed by atoms with E-state index in [-0.39, 0.29) is 0 Å². The summed E-state index contributed by atoms with van der Waals surface area (Å²) in [5.41, 5.74) is 4.30. The number of rotatable bonds is 1. The van der Waals surface area contributed by atoms with E-state index in [2.05, 4.69) is 34.1 Å². The number of aryl methyl sites for hydroxylation is 1. The van der Waals surface area contributed by atoms with Gasteiger partial charge in [-0.2, -0.15) is 0 Å². The maximum absolute atomic E-state index is 5.71. The largest absolute Gasteiger partial charge is 0.492 e. The highest BCUT2D eigenvalue weighted by molar-refractivity contribution is 9.10. The molecule has 4 heteroatoms. The quantitative estimate of drug-likeness (QED) is 0.741. The van der Waals surface area contributed by atoms with Crippen LogP contribution in [0.1, 0.15) is 23.1 Å². The van der Waals surface area contributed by atoms with E-state index >= 15 is 0 Å². The van der Waals surface area contributed by atoms with E-state index < -0.39 is 0 Å². The monoisotopic (exact) mass is 283 g/mol. The zero-order chi connectivity index (χ0) is 11.7. The molecule has 1 aliphatic rings. The van der Waals surface area contributed by atoms with E-state index in [0.29, 0.717) is 6.61 Å². The Morgan fingerprint density at radius 3 is 2.88 bits per heavy atom. The number of hydrogen-bond acceptors (Lipinski definition) is 3. The van der Waals surface area contributed by atoms with Crippen molar-refractivity contribution in [1.29, 1.82) is 0 Å². The smallest absolute Gasteiger partial charge is 0.131 e. The van der Waals surface area contributed by atoms with Crippen LogP contribution in [0.2, 0.25) is 0 Å². The predicted octanol–water partition coefficient (Wildman–Crippen LogP) is 3.20. The number of nitrogens with zero attached hydrogens (tertiary/aromatic N) is 1. The van der Waals surface area contributed by atoms with Crippen molar-refractivity contribution < 1.29 is 9.57 Å². The third-order valence-electron chi connectivity index (χ3n) is 2.74. The first-order valence-electron chi connectivity index (χ1n) is 5.18. The third kappa shape index (κ3) is 1.82. The van der Waals surface area contributed by atoms with Crippen molar-refractivity contribution in [1.82, 2.24) is 0 Å². The maximum atomic E-state index is 5.71. The lowest BCUT2D eigenvalue weighted by atomic mass is 9.96. The van der Waals surface area contributed by atoms with Gasteiger partial charge in [-0.15, -0.1) is 0 Å². The summed E-state index contributed by atoms with van der Waals surface area (Å²) < 4.78 is 6.79. The second-order valence-corrected chi connectivity index (χ2v) is 4.68. The Balaban J connectivity index is 2.67. The van der Waals surface area contributed by atoms with E-state index in [1.54, 1.807) is 7.11 Å². The molecule has 1 heterocycles. The van der Waals surface area contributed by atoms with E-state index in [1.165, 1.54) is 0 Å². The average molecular weight is 284 g/mol. The minimum Gasteiger partial charge on any atom is -0.492 e. The molecule has 3 nitrogen and oxygen atoms in total. The number of halogens is 1. The summed E-state index contributed by atoms with van der Waals surface area (Å²) in [6.07, 6.45) is 0.789. The van der Waals surface area contributed by atoms with Crippen LogP contribution < -0.4 is 4.74 Å². The first kappa shape index (κ1) is 11.5. The van der Waals surface area contributed by atoms with Crippen LogP contribution in [0.15, 0.2) is 15.7 Å². The molecule has 0 bridgehead atoms. The molecule has 0 fully saturated rings. The fourth-order valence-electron chi connectivity index (χ4n) is 1.96. The van der Waals surface area contributed by atoms with Gasteiger partial charge < -0.3 is 9.57 Å². The Hall–Kier alpha value is -1.03.